The first-order chi connectivity index (χ1) is 8.67. The van der Waals surface area contributed by atoms with E-state index in [1.165, 1.54) is 0 Å². The molecule has 0 saturated carbocycles. The molecule has 0 radical (unpaired) electrons. The van der Waals surface area contributed by atoms with Gasteiger partial charge in [-0.2, -0.15) is 0 Å². The van der Waals surface area contributed by atoms with Crippen LogP contribution < -0.4 is 9.47 Å². The van der Waals surface area contributed by atoms with E-state index in [1.807, 2.05) is 19.1 Å². The molecular weight excluding hydrogens is 248 g/mol. The Morgan fingerprint density at radius 1 is 1.22 bits per heavy atom. The summed E-state index contributed by atoms with van der Waals surface area (Å²) in [5.74, 6) is 1.95. The Morgan fingerprint density at radius 2 is 1.89 bits per heavy atom. The highest BCUT2D eigenvalue weighted by Gasteiger charge is 2.16. The van der Waals surface area contributed by atoms with Crippen LogP contribution in [0.1, 0.15) is 38.2 Å². The Balaban J connectivity index is 3.17. The van der Waals surface area contributed by atoms with Crippen LogP contribution in [0, 0.1) is 0 Å². The van der Waals surface area contributed by atoms with Crippen molar-refractivity contribution < 1.29 is 9.47 Å². The Hall–Kier alpha value is -1.15. The molecule has 0 fully saturated rings. The lowest BCUT2D eigenvalue weighted by atomic mass is 9.92. The van der Waals surface area contributed by atoms with Crippen LogP contribution in [0.2, 0.25) is 5.02 Å². The fraction of sp³-hybridized carbons (Fsp3) is 0.467. The summed E-state index contributed by atoms with van der Waals surface area (Å²) in [6.07, 6.45) is 6.29. The van der Waals surface area contributed by atoms with Crippen LogP contribution in [0.15, 0.2) is 24.3 Å². The third kappa shape index (κ3) is 3.42. The number of rotatable bonds is 6. The Labute approximate surface area is 115 Å². The molecule has 3 heteroatoms. The maximum Gasteiger partial charge on any atom is 0.138 e. The number of hydrogen-bond donors (Lipinski definition) is 0. The van der Waals surface area contributed by atoms with Gasteiger partial charge in [-0.05, 0) is 31.7 Å². The van der Waals surface area contributed by atoms with Crippen LogP contribution >= 0.6 is 11.6 Å². The molecular formula is C15H21ClO2. The molecule has 0 spiro atoms. The van der Waals surface area contributed by atoms with E-state index < -0.39 is 0 Å². The molecule has 0 aliphatic carbocycles. The van der Waals surface area contributed by atoms with Crippen molar-refractivity contribution in [3.63, 3.8) is 0 Å². The predicted octanol–water partition coefficient (Wildman–Crippen LogP) is 4.82. The largest absolute Gasteiger partial charge is 0.496 e. The SMILES string of the molecule is C/C=C\CC(CC)c1cc(OC)c(Cl)cc1OC. The molecule has 0 aliphatic heterocycles. The lowest BCUT2D eigenvalue weighted by Gasteiger charge is -2.18. The molecule has 0 N–H and O–H groups in total. The highest BCUT2D eigenvalue weighted by Crippen LogP contribution is 2.38. The van der Waals surface area contributed by atoms with E-state index in [1.54, 1.807) is 14.2 Å². The highest BCUT2D eigenvalue weighted by atomic mass is 35.5. The summed E-state index contributed by atoms with van der Waals surface area (Å²) in [6.45, 7) is 4.21. The maximum absolute atomic E-state index is 6.11. The zero-order valence-corrected chi connectivity index (χ0v) is 12.3. The molecule has 1 rings (SSSR count). The standard InChI is InChI=1S/C15H21ClO2/c1-5-7-8-11(6-2)12-9-15(18-4)13(16)10-14(12)17-3/h5,7,9-11H,6,8H2,1-4H3/b7-5-. The number of halogens is 1. The monoisotopic (exact) mass is 268 g/mol. The second kappa shape index (κ2) is 7.32. The van der Waals surface area contributed by atoms with Crippen LogP contribution in [-0.4, -0.2) is 14.2 Å². The summed E-state index contributed by atoms with van der Waals surface area (Å²) in [5.41, 5.74) is 1.15. The molecule has 0 aromatic heterocycles. The maximum atomic E-state index is 6.11. The van der Waals surface area contributed by atoms with Gasteiger partial charge in [0, 0.05) is 11.6 Å². The van der Waals surface area contributed by atoms with Gasteiger partial charge in [0.15, 0.2) is 0 Å². The summed E-state index contributed by atoms with van der Waals surface area (Å²) in [5, 5.41) is 0.582. The van der Waals surface area contributed by atoms with Crippen molar-refractivity contribution >= 4 is 11.6 Å². The number of ether oxygens (including phenoxy) is 2. The van der Waals surface area contributed by atoms with E-state index in [2.05, 4.69) is 19.1 Å². The van der Waals surface area contributed by atoms with Gasteiger partial charge in [0.05, 0.1) is 19.2 Å². The third-order valence-electron chi connectivity index (χ3n) is 3.09. The van der Waals surface area contributed by atoms with E-state index >= 15 is 0 Å². The fourth-order valence-electron chi connectivity index (χ4n) is 2.02. The minimum atomic E-state index is 0.419. The van der Waals surface area contributed by atoms with E-state index in [9.17, 15) is 0 Å². The van der Waals surface area contributed by atoms with Crippen LogP contribution in [0.5, 0.6) is 11.5 Å². The topological polar surface area (TPSA) is 18.5 Å². The van der Waals surface area contributed by atoms with Gasteiger partial charge in [0.2, 0.25) is 0 Å². The fourth-order valence-corrected chi connectivity index (χ4v) is 2.25. The quantitative estimate of drug-likeness (QED) is 0.689. The minimum absolute atomic E-state index is 0.419. The smallest absolute Gasteiger partial charge is 0.138 e. The highest BCUT2D eigenvalue weighted by molar-refractivity contribution is 6.32. The first-order valence-corrected chi connectivity index (χ1v) is 6.58. The summed E-state index contributed by atoms with van der Waals surface area (Å²) in [6, 6.07) is 3.81. The van der Waals surface area contributed by atoms with E-state index in [-0.39, 0.29) is 0 Å². The second-order valence-electron chi connectivity index (χ2n) is 4.14. The van der Waals surface area contributed by atoms with Crippen LogP contribution in [0.4, 0.5) is 0 Å². The lowest BCUT2D eigenvalue weighted by Crippen LogP contribution is -2.01. The molecule has 0 heterocycles. The lowest BCUT2D eigenvalue weighted by molar-refractivity contribution is 0.394. The van der Waals surface area contributed by atoms with Crippen molar-refractivity contribution in [2.24, 2.45) is 0 Å². The van der Waals surface area contributed by atoms with E-state index in [0.29, 0.717) is 16.7 Å². The number of methoxy groups -OCH3 is 2. The van der Waals surface area contributed by atoms with Gasteiger partial charge in [-0.25, -0.2) is 0 Å². The number of allylic oxidation sites excluding steroid dienone is 2. The average molecular weight is 269 g/mol. The Morgan fingerprint density at radius 3 is 2.39 bits per heavy atom. The molecule has 0 aliphatic rings. The van der Waals surface area contributed by atoms with Crippen molar-refractivity contribution in [1.29, 1.82) is 0 Å². The van der Waals surface area contributed by atoms with Gasteiger partial charge in [-0.15, -0.1) is 0 Å². The van der Waals surface area contributed by atoms with Gasteiger partial charge in [-0.1, -0.05) is 30.7 Å². The molecule has 18 heavy (non-hydrogen) atoms. The molecule has 0 bridgehead atoms. The molecule has 1 aromatic rings. The van der Waals surface area contributed by atoms with E-state index in [0.717, 1.165) is 24.2 Å². The molecule has 1 aromatic carbocycles. The first kappa shape index (κ1) is 14.9. The molecule has 1 atom stereocenters. The Bertz CT molecular complexity index is 413. The molecule has 100 valence electrons. The van der Waals surface area contributed by atoms with Crippen molar-refractivity contribution in [3.8, 4) is 11.5 Å². The average Bonchev–Trinajstić information content (AvgIpc) is 2.40. The second-order valence-corrected chi connectivity index (χ2v) is 4.55. The summed E-state index contributed by atoms with van der Waals surface area (Å²) < 4.78 is 10.7. The summed E-state index contributed by atoms with van der Waals surface area (Å²) in [7, 11) is 3.30. The number of benzene rings is 1. The molecule has 2 nitrogen and oxygen atoms in total. The zero-order valence-electron chi connectivity index (χ0n) is 11.5. The van der Waals surface area contributed by atoms with Crippen molar-refractivity contribution in [1.82, 2.24) is 0 Å². The van der Waals surface area contributed by atoms with Crippen LogP contribution in [0.25, 0.3) is 0 Å². The predicted molar refractivity (Wildman–Crippen MR) is 77.0 cm³/mol. The minimum Gasteiger partial charge on any atom is -0.496 e. The van der Waals surface area contributed by atoms with Gasteiger partial charge in [0.1, 0.15) is 11.5 Å². The molecule has 1 unspecified atom stereocenters. The molecule has 0 saturated heterocycles. The van der Waals surface area contributed by atoms with Crippen LogP contribution in [0.3, 0.4) is 0 Å². The Kier molecular flexibility index (Phi) is 6.06. The summed E-state index contributed by atoms with van der Waals surface area (Å²) >= 11 is 6.11. The molecule has 0 amide bonds. The van der Waals surface area contributed by atoms with Gasteiger partial charge in [0.25, 0.3) is 0 Å². The normalized spacial score (nSPS) is 12.7. The third-order valence-corrected chi connectivity index (χ3v) is 3.39. The van der Waals surface area contributed by atoms with Gasteiger partial charge < -0.3 is 9.47 Å². The summed E-state index contributed by atoms with van der Waals surface area (Å²) in [4.78, 5) is 0. The van der Waals surface area contributed by atoms with Gasteiger partial charge in [-0.3, -0.25) is 0 Å². The van der Waals surface area contributed by atoms with Crippen molar-refractivity contribution in [2.45, 2.75) is 32.6 Å². The van der Waals surface area contributed by atoms with Crippen LogP contribution in [-0.2, 0) is 0 Å². The van der Waals surface area contributed by atoms with E-state index in [4.69, 9.17) is 21.1 Å². The first-order valence-electron chi connectivity index (χ1n) is 6.20. The number of hydrogen-bond acceptors (Lipinski definition) is 2. The zero-order chi connectivity index (χ0) is 13.5. The van der Waals surface area contributed by atoms with Crippen molar-refractivity contribution in [3.05, 3.63) is 34.9 Å². The van der Waals surface area contributed by atoms with Crippen molar-refractivity contribution in [2.75, 3.05) is 14.2 Å². The van der Waals surface area contributed by atoms with Gasteiger partial charge >= 0.3 is 0 Å².